The highest BCUT2D eigenvalue weighted by Crippen LogP contribution is 2.31. The quantitative estimate of drug-likeness (QED) is 0.519. The first-order valence-corrected chi connectivity index (χ1v) is 12.8. The molecule has 0 aromatic heterocycles. The van der Waals surface area contributed by atoms with Gasteiger partial charge in [-0.05, 0) is 30.3 Å². The lowest BCUT2D eigenvalue weighted by Crippen LogP contribution is -2.50. The van der Waals surface area contributed by atoms with Crippen LogP contribution in [-0.4, -0.2) is 68.1 Å². The number of Topliss-reactive ketones (excluding diaryl/α,β-unsaturated/α-hetero) is 1. The summed E-state index contributed by atoms with van der Waals surface area (Å²) >= 11 is 0. The Bertz CT molecular complexity index is 1290. The van der Waals surface area contributed by atoms with Crippen molar-refractivity contribution in [1.82, 2.24) is 9.21 Å². The van der Waals surface area contributed by atoms with Gasteiger partial charge in [0.05, 0.1) is 21.6 Å². The second-order valence-corrected chi connectivity index (χ2v) is 11.5. The van der Waals surface area contributed by atoms with Crippen molar-refractivity contribution in [3.05, 3.63) is 65.2 Å². The second kappa shape index (κ2) is 10.6. The molecule has 8 nitrogen and oxygen atoms in total. The number of nitrogens with zero attached hydrogens (tertiary/aromatic N) is 2. The largest absolute Gasteiger partial charge is 0.454 e. The molecule has 12 heteroatoms. The summed E-state index contributed by atoms with van der Waals surface area (Å²) in [5.41, 5.74) is -1.78. The third-order valence-electron chi connectivity index (χ3n) is 5.87. The van der Waals surface area contributed by atoms with Crippen molar-refractivity contribution in [3.8, 4) is 0 Å². The summed E-state index contributed by atoms with van der Waals surface area (Å²) in [6.45, 7) is 4.26. The first-order valence-electron chi connectivity index (χ1n) is 11.4. The molecule has 1 aliphatic heterocycles. The zero-order valence-electron chi connectivity index (χ0n) is 20.5. The molecule has 37 heavy (non-hydrogen) atoms. The highest BCUT2D eigenvalue weighted by molar-refractivity contribution is 7.89. The van der Waals surface area contributed by atoms with Crippen LogP contribution >= 0.6 is 0 Å². The van der Waals surface area contributed by atoms with E-state index in [1.807, 2.05) is 0 Å². The van der Waals surface area contributed by atoms with Gasteiger partial charge in [0.15, 0.2) is 12.4 Å². The number of piperazine rings is 1. The average molecular weight is 541 g/mol. The van der Waals surface area contributed by atoms with Gasteiger partial charge in [-0.15, -0.1) is 0 Å². The Morgan fingerprint density at radius 1 is 0.892 bits per heavy atom. The first kappa shape index (κ1) is 28.3. The number of sulfonamides is 1. The summed E-state index contributed by atoms with van der Waals surface area (Å²) in [6.07, 6.45) is -4.69. The summed E-state index contributed by atoms with van der Waals surface area (Å²) in [4.78, 5) is 38.7. The number of ether oxygens (including phenoxy) is 1. The fourth-order valence-corrected chi connectivity index (χ4v) is 5.03. The minimum atomic E-state index is -4.69. The van der Waals surface area contributed by atoms with E-state index in [1.54, 1.807) is 32.9 Å². The molecule has 0 saturated carbocycles. The molecule has 2 aromatic rings. The van der Waals surface area contributed by atoms with Crippen LogP contribution in [0.2, 0.25) is 0 Å². The average Bonchev–Trinajstić information content (AvgIpc) is 2.85. The number of benzene rings is 2. The maximum absolute atomic E-state index is 13.2. The number of rotatable bonds is 6. The van der Waals surface area contributed by atoms with E-state index < -0.39 is 50.6 Å². The second-order valence-electron chi connectivity index (χ2n) is 9.52. The van der Waals surface area contributed by atoms with Crippen LogP contribution in [0.5, 0.6) is 0 Å². The van der Waals surface area contributed by atoms with Crippen LogP contribution in [0.3, 0.4) is 0 Å². The normalized spacial score (nSPS) is 15.4. The molecule has 0 N–H and O–H groups in total. The molecule has 0 radical (unpaired) electrons. The number of halogens is 3. The molecule has 1 fully saturated rings. The van der Waals surface area contributed by atoms with Crippen molar-refractivity contribution >= 4 is 27.7 Å². The van der Waals surface area contributed by atoms with Crippen LogP contribution in [0.25, 0.3) is 0 Å². The molecule has 0 bridgehead atoms. The molecule has 2 aromatic carbocycles. The molecule has 1 amide bonds. The van der Waals surface area contributed by atoms with Crippen molar-refractivity contribution in [2.45, 2.75) is 31.8 Å². The molecule has 1 saturated heterocycles. The zero-order valence-corrected chi connectivity index (χ0v) is 21.4. The number of ketones is 1. The van der Waals surface area contributed by atoms with E-state index in [9.17, 15) is 36.0 Å². The van der Waals surface area contributed by atoms with Gasteiger partial charge < -0.3 is 9.64 Å². The van der Waals surface area contributed by atoms with Gasteiger partial charge in [-0.3, -0.25) is 9.59 Å². The van der Waals surface area contributed by atoms with E-state index in [2.05, 4.69) is 0 Å². The number of alkyl halides is 3. The third-order valence-corrected chi connectivity index (χ3v) is 7.77. The molecule has 3 rings (SSSR count). The van der Waals surface area contributed by atoms with E-state index in [-0.39, 0.29) is 43.1 Å². The molecular formula is C25H27F3N2O6S. The minimum Gasteiger partial charge on any atom is -0.454 e. The maximum atomic E-state index is 13.2. The van der Waals surface area contributed by atoms with Crippen molar-refractivity contribution in [1.29, 1.82) is 0 Å². The van der Waals surface area contributed by atoms with Crippen LogP contribution in [-0.2, 0) is 25.7 Å². The van der Waals surface area contributed by atoms with Gasteiger partial charge in [0.25, 0.3) is 5.91 Å². The molecule has 200 valence electrons. The summed E-state index contributed by atoms with van der Waals surface area (Å²) in [7, 11) is -4.22. The van der Waals surface area contributed by atoms with E-state index in [1.165, 1.54) is 17.0 Å². The number of hydrogen-bond acceptors (Lipinski definition) is 6. The van der Waals surface area contributed by atoms with Crippen molar-refractivity contribution in [3.63, 3.8) is 0 Å². The Morgan fingerprint density at radius 2 is 1.49 bits per heavy atom. The topological polar surface area (TPSA) is 101 Å². The summed E-state index contributed by atoms with van der Waals surface area (Å²) in [5, 5.41) is 0. The van der Waals surface area contributed by atoms with Gasteiger partial charge in [0, 0.05) is 31.6 Å². The highest BCUT2D eigenvalue weighted by atomic mass is 32.2. The van der Waals surface area contributed by atoms with Gasteiger partial charge in [-0.25, -0.2) is 13.2 Å². The number of carbonyl (C=O) groups is 3. The van der Waals surface area contributed by atoms with E-state index in [4.69, 9.17) is 4.74 Å². The Kier molecular flexibility index (Phi) is 8.13. The van der Waals surface area contributed by atoms with Crippen LogP contribution in [0.1, 0.15) is 47.1 Å². The Balaban J connectivity index is 1.70. The van der Waals surface area contributed by atoms with Gasteiger partial charge >= 0.3 is 12.1 Å². The van der Waals surface area contributed by atoms with Gasteiger partial charge in [0.1, 0.15) is 0 Å². The van der Waals surface area contributed by atoms with E-state index >= 15 is 0 Å². The predicted octanol–water partition coefficient (Wildman–Crippen LogP) is 3.62. The molecule has 0 unspecified atom stereocenters. The molecule has 0 aliphatic carbocycles. The van der Waals surface area contributed by atoms with Gasteiger partial charge in [-0.1, -0.05) is 39.0 Å². The number of hydrogen-bond donors (Lipinski definition) is 0. The smallest absolute Gasteiger partial charge is 0.416 e. The van der Waals surface area contributed by atoms with Crippen LogP contribution in [0, 0.1) is 5.41 Å². The Labute approximate surface area is 213 Å². The maximum Gasteiger partial charge on any atom is 0.416 e. The fourth-order valence-electron chi connectivity index (χ4n) is 3.56. The highest BCUT2D eigenvalue weighted by Gasteiger charge is 2.35. The summed E-state index contributed by atoms with van der Waals surface area (Å²) in [5.74, 6) is -1.67. The van der Waals surface area contributed by atoms with E-state index in [0.717, 1.165) is 22.5 Å². The van der Waals surface area contributed by atoms with Gasteiger partial charge in [0.2, 0.25) is 10.0 Å². The standard InChI is InChI=1S/C25H27F3N2O6S/c1-24(2,3)21(31)16-36-23(33)20-10-5-4-9-19(20)22(32)29-11-13-30(14-12-29)37(34,35)18-8-6-7-17(15-18)25(26,27)28/h4-10,15H,11-14,16H2,1-3H3. The fraction of sp³-hybridized carbons (Fsp3) is 0.400. The number of esters is 1. The monoisotopic (exact) mass is 540 g/mol. The first-order chi connectivity index (χ1) is 17.1. The summed E-state index contributed by atoms with van der Waals surface area (Å²) in [6, 6.07) is 9.41. The van der Waals surface area contributed by atoms with Crippen molar-refractivity contribution in [2.24, 2.45) is 5.41 Å². The van der Waals surface area contributed by atoms with Crippen LogP contribution in [0.4, 0.5) is 13.2 Å². The minimum absolute atomic E-state index is 0.0323. The Hall–Kier alpha value is -3.25. The van der Waals surface area contributed by atoms with Crippen LogP contribution < -0.4 is 0 Å². The number of amides is 1. The predicted molar refractivity (Wildman–Crippen MR) is 127 cm³/mol. The van der Waals surface area contributed by atoms with E-state index in [0.29, 0.717) is 6.07 Å². The third kappa shape index (κ3) is 6.55. The van der Waals surface area contributed by atoms with Crippen molar-refractivity contribution in [2.75, 3.05) is 32.8 Å². The number of carbonyl (C=O) groups excluding carboxylic acids is 3. The molecule has 1 heterocycles. The zero-order chi connectivity index (χ0) is 27.6. The SMILES string of the molecule is CC(C)(C)C(=O)COC(=O)c1ccccc1C(=O)N1CCN(S(=O)(=O)c2cccc(C(F)(F)F)c2)CC1. The van der Waals surface area contributed by atoms with Crippen LogP contribution in [0.15, 0.2) is 53.4 Å². The summed E-state index contributed by atoms with van der Waals surface area (Å²) < 4.78 is 71.1. The lowest BCUT2D eigenvalue weighted by molar-refractivity contribution is -0.137. The molecule has 1 aliphatic rings. The molecule has 0 spiro atoms. The lowest BCUT2D eigenvalue weighted by Gasteiger charge is -2.34. The lowest BCUT2D eigenvalue weighted by atomic mass is 9.91. The Morgan fingerprint density at radius 3 is 2.05 bits per heavy atom. The molecular weight excluding hydrogens is 513 g/mol. The van der Waals surface area contributed by atoms with Crippen molar-refractivity contribution < 1.29 is 40.7 Å². The molecule has 0 atom stereocenters. The van der Waals surface area contributed by atoms with Gasteiger partial charge in [-0.2, -0.15) is 17.5 Å².